The number of rotatable bonds is 7. The predicted molar refractivity (Wildman–Crippen MR) is 79.5 cm³/mol. The number of aromatic nitrogens is 2. The number of nitrogens with two attached hydrogens (primary N) is 1. The molecule has 104 valence electrons. The fourth-order valence-electron chi connectivity index (χ4n) is 2.39. The largest absolute Gasteiger partial charge is 0.393 e. The molecule has 0 unspecified atom stereocenters. The topological polar surface area (TPSA) is 64.3 Å². The zero-order valence-corrected chi connectivity index (χ0v) is 12.1. The van der Waals surface area contributed by atoms with E-state index in [1.165, 1.54) is 11.3 Å². The summed E-state index contributed by atoms with van der Waals surface area (Å²) in [5.74, 6) is 1.02. The van der Waals surface area contributed by atoms with Gasteiger partial charge in [-0.2, -0.15) is 0 Å². The van der Waals surface area contributed by atoms with Crippen molar-refractivity contribution in [2.24, 2.45) is 5.73 Å². The van der Waals surface area contributed by atoms with Crippen LogP contribution >= 0.6 is 12.2 Å². The van der Waals surface area contributed by atoms with Crippen LogP contribution in [0.25, 0.3) is 0 Å². The molecule has 2 N–H and O–H groups in total. The third kappa shape index (κ3) is 3.61. The molecule has 0 aliphatic heterocycles. The number of anilines is 1. The first-order chi connectivity index (χ1) is 9.22. The molecular weight excluding hydrogens is 260 g/mol. The predicted octanol–water partition coefficient (Wildman–Crippen LogP) is 1.09. The Morgan fingerprint density at radius 3 is 3.00 bits per heavy atom. The van der Waals surface area contributed by atoms with Gasteiger partial charge in [-0.25, -0.2) is 9.97 Å². The fourth-order valence-corrected chi connectivity index (χ4v) is 2.48. The highest BCUT2D eigenvalue weighted by Gasteiger charge is 2.20. The molecule has 0 saturated carbocycles. The molecule has 0 fully saturated rings. The van der Waals surface area contributed by atoms with Crippen LogP contribution in [0, 0.1) is 0 Å². The van der Waals surface area contributed by atoms with Crippen LogP contribution in [0.1, 0.15) is 24.1 Å². The van der Waals surface area contributed by atoms with Crippen molar-refractivity contribution < 1.29 is 4.74 Å². The smallest absolute Gasteiger partial charge is 0.135 e. The molecule has 0 spiro atoms. The Hall–Kier alpha value is -1.27. The molecule has 1 aliphatic rings. The van der Waals surface area contributed by atoms with Crippen molar-refractivity contribution >= 4 is 23.0 Å². The minimum atomic E-state index is 0.535. The van der Waals surface area contributed by atoms with Crippen LogP contribution < -0.4 is 10.6 Å². The van der Waals surface area contributed by atoms with Crippen LogP contribution in [0.5, 0.6) is 0 Å². The van der Waals surface area contributed by atoms with Gasteiger partial charge >= 0.3 is 0 Å². The quantitative estimate of drug-likeness (QED) is 0.754. The molecule has 0 amide bonds. The molecule has 5 nitrogen and oxygen atoms in total. The maximum atomic E-state index is 5.60. The third-order valence-corrected chi connectivity index (χ3v) is 3.55. The van der Waals surface area contributed by atoms with Crippen molar-refractivity contribution in [3.63, 3.8) is 0 Å². The molecule has 2 rings (SSSR count). The third-order valence-electron chi connectivity index (χ3n) is 3.35. The molecule has 6 heteroatoms. The lowest BCUT2D eigenvalue weighted by molar-refractivity contribution is 0.205. The van der Waals surface area contributed by atoms with Gasteiger partial charge in [0.05, 0.1) is 11.6 Å². The SMILES string of the molecule is COCCN(CCC(N)=S)c1ncnc2c1CCC2. The summed E-state index contributed by atoms with van der Waals surface area (Å²) in [6, 6.07) is 0. The van der Waals surface area contributed by atoms with Gasteiger partial charge in [0.25, 0.3) is 0 Å². The minimum absolute atomic E-state index is 0.535. The molecule has 1 aliphatic carbocycles. The fraction of sp³-hybridized carbons (Fsp3) is 0.615. The average Bonchev–Trinajstić information content (AvgIpc) is 2.87. The van der Waals surface area contributed by atoms with Gasteiger partial charge in [0, 0.05) is 37.9 Å². The highest BCUT2D eigenvalue weighted by molar-refractivity contribution is 7.80. The normalized spacial score (nSPS) is 13.3. The van der Waals surface area contributed by atoms with E-state index in [0.717, 1.165) is 38.2 Å². The van der Waals surface area contributed by atoms with E-state index >= 15 is 0 Å². The van der Waals surface area contributed by atoms with Gasteiger partial charge in [0.15, 0.2) is 0 Å². The first-order valence-electron chi connectivity index (χ1n) is 6.57. The van der Waals surface area contributed by atoms with Gasteiger partial charge < -0.3 is 15.4 Å². The molecule has 1 heterocycles. The van der Waals surface area contributed by atoms with Gasteiger partial charge in [-0.05, 0) is 19.3 Å². The van der Waals surface area contributed by atoms with Gasteiger partial charge in [-0.1, -0.05) is 12.2 Å². The Morgan fingerprint density at radius 2 is 2.26 bits per heavy atom. The molecule has 1 aromatic heterocycles. The van der Waals surface area contributed by atoms with Crippen molar-refractivity contribution in [3.05, 3.63) is 17.6 Å². The molecule has 0 saturated heterocycles. The maximum Gasteiger partial charge on any atom is 0.135 e. The Balaban J connectivity index is 2.17. The lowest BCUT2D eigenvalue weighted by atomic mass is 10.2. The minimum Gasteiger partial charge on any atom is -0.393 e. The van der Waals surface area contributed by atoms with E-state index in [1.807, 2.05) is 0 Å². The number of thiocarbonyl (C=S) groups is 1. The Bertz CT molecular complexity index is 452. The van der Waals surface area contributed by atoms with E-state index in [0.29, 0.717) is 18.0 Å². The highest BCUT2D eigenvalue weighted by atomic mass is 32.1. The number of methoxy groups -OCH3 is 1. The van der Waals surface area contributed by atoms with E-state index in [-0.39, 0.29) is 0 Å². The average molecular weight is 280 g/mol. The molecule has 0 atom stereocenters. The number of nitrogens with zero attached hydrogens (tertiary/aromatic N) is 3. The van der Waals surface area contributed by atoms with Crippen LogP contribution in [-0.2, 0) is 17.6 Å². The summed E-state index contributed by atoms with van der Waals surface area (Å²) in [6.45, 7) is 2.24. The Morgan fingerprint density at radius 1 is 1.42 bits per heavy atom. The van der Waals surface area contributed by atoms with Gasteiger partial charge in [0.2, 0.25) is 0 Å². The van der Waals surface area contributed by atoms with Gasteiger partial charge in [-0.15, -0.1) is 0 Å². The summed E-state index contributed by atoms with van der Waals surface area (Å²) in [4.78, 5) is 11.6. The first kappa shape index (κ1) is 14.1. The van der Waals surface area contributed by atoms with Crippen LogP contribution in [-0.4, -0.2) is 41.8 Å². The molecule has 0 aromatic carbocycles. The van der Waals surface area contributed by atoms with Crippen LogP contribution in [0.4, 0.5) is 5.82 Å². The standard InChI is InChI=1S/C13H20N4OS/c1-18-8-7-17(6-5-12(14)19)13-10-3-2-4-11(10)15-9-16-13/h9H,2-8H2,1H3,(H2,14,19). The van der Waals surface area contributed by atoms with E-state index < -0.39 is 0 Å². The van der Waals surface area contributed by atoms with E-state index in [4.69, 9.17) is 22.7 Å². The zero-order valence-electron chi connectivity index (χ0n) is 11.3. The summed E-state index contributed by atoms with van der Waals surface area (Å²) in [5, 5.41) is 0. The molecular formula is C13H20N4OS. The van der Waals surface area contributed by atoms with Crippen molar-refractivity contribution in [1.82, 2.24) is 9.97 Å². The van der Waals surface area contributed by atoms with E-state index in [1.54, 1.807) is 13.4 Å². The Labute approximate surface area is 119 Å². The summed E-state index contributed by atoms with van der Waals surface area (Å²) in [6.07, 6.45) is 5.62. The van der Waals surface area contributed by atoms with Crippen LogP contribution in [0.15, 0.2) is 6.33 Å². The van der Waals surface area contributed by atoms with Crippen molar-refractivity contribution in [2.45, 2.75) is 25.7 Å². The number of hydrogen-bond acceptors (Lipinski definition) is 5. The monoisotopic (exact) mass is 280 g/mol. The maximum absolute atomic E-state index is 5.60. The molecule has 0 bridgehead atoms. The second-order valence-electron chi connectivity index (χ2n) is 4.67. The summed E-state index contributed by atoms with van der Waals surface area (Å²) in [7, 11) is 1.70. The lowest BCUT2D eigenvalue weighted by Crippen LogP contribution is -2.32. The summed E-state index contributed by atoms with van der Waals surface area (Å²) in [5.41, 5.74) is 8.06. The second-order valence-corrected chi connectivity index (χ2v) is 5.20. The summed E-state index contributed by atoms with van der Waals surface area (Å²) < 4.78 is 5.17. The first-order valence-corrected chi connectivity index (χ1v) is 6.98. The van der Waals surface area contributed by atoms with Crippen molar-refractivity contribution in [3.8, 4) is 0 Å². The second kappa shape index (κ2) is 6.77. The molecule has 1 aromatic rings. The number of hydrogen-bond donors (Lipinski definition) is 1. The summed E-state index contributed by atoms with van der Waals surface area (Å²) >= 11 is 4.96. The van der Waals surface area contributed by atoms with Crippen LogP contribution in [0.2, 0.25) is 0 Å². The van der Waals surface area contributed by atoms with Crippen molar-refractivity contribution in [2.75, 3.05) is 31.7 Å². The van der Waals surface area contributed by atoms with Crippen molar-refractivity contribution in [1.29, 1.82) is 0 Å². The lowest BCUT2D eigenvalue weighted by Gasteiger charge is -2.25. The highest BCUT2D eigenvalue weighted by Crippen LogP contribution is 2.27. The van der Waals surface area contributed by atoms with E-state index in [2.05, 4.69) is 14.9 Å². The number of aryl methyl sites for hydroxylation is 1. The molecule has 0 radical (unpaired) electrons. The van der Waals surface area contributed by atoms with Gasteiger partial charge in [0.1, 0.15) is 12.1 Å². The van der Waals surface area contributed by atoms with E-state index in [9.17, 15) is 0 Å². The number of ether oxygens (including phenoxy) is 1. The number of fused-ring (bicyclic) bond motifs is 1. The molecule has 19 heavy (non-hydrogen) atoms. The van der Waals surface area contributed by atoms with Crippen LogP contribution in [0.3, 0.4) is 0 Å². The Kier molecular flexibility index (Phi) is 5.04. The zero-order chi connectivity index (χ0) is 13.7. The van der Waals surface area contributed by atoms with Gasteiger partial charge in [-0.3, -0.25) is 0 Å².